The Morgan fingerprint density at radius 1 is 1.21 bits per heavy atom. The highest BCUT2D eigenvalue weighted by Crippen LogP contribution is 2.36. The van der Waals surface area contributed by atoms with Gasteiger partial charge >= 0.3 is 0 Å². The summed E-state index contributed by atoms with van der Waals surface area (Å²) in [5.74, 6) is 1.44. The van der Waals surface area contributed by atoms with Crippen molar-refractivity contribution in [3.8, 4) is 17.1 Å². The van der Waals surface area contributed by atoms with Gasteiger partial charge in [0.15, 0.2) is 0 Å². The molecule has 33 heavy (non-hydrogen) atoms. The molecule has 1 atom stereocenters. The van der Waals surface area contributed by atoms with Crippen molar-refractivity contribution < 1.29 is 18.8 Å². The second-order valence-corrected chi connectivity index (χ2v) is 8.46. The average Bonchev–Trinajstić information content (AvgIpc) is 3.41. The third kappa shape index (κ3) is 4.33. The van der Waals surface area contributed by atoms with E-state index in [1.165, 1.54) is 6.42 Å². The van der Waals surface area contributed by atoms with E-state index in [9.17, 15) is 9.59 Å². The van der Waals surface area contributed by atoms with Crippen LogP contribution in [0.25, 0.3) is 11.4 Å². The second kappa shape index (κ2) is 9.05. The van der Waals surface area contributed by atoms with Gasteiger partial charge in [-0.2, -0.15) is 4.98 Å². The second-order valence-electron chi connectivity index (χ2n) is 8.46. The first-order valence-corrected chi connectivity index (χ1v) is 11.4. The molecule has 3 aromatic rings. The third-order valence-electron chi connectivity index (χ3n) is 6.25. The van der Waals surface area contributed by atoms with Gasteiger partial charge in [0.2, 0.25) is 23.5 Å². The number of hydrogen-bond donors (Lipinski definition) is 1. The van der Waals surface area contributed by atoms with Gasteiger partial charge in [-0.3, -0.25) is 9.59 Å². The first kappa shape index (κ1) is 21.2. The van der Waals surface area contributed by atoms with Gasteiger partial charge in [-0.25, -0.2) is 0 Å². The van der Waals surface area contributed by atoms with Crippen molar-refractivity contribution in [2.45, 2.75) is 38.5 Å². The lowest BCUT2D eigenvalue weighted by Crippen LogP contribution is -2.28. The largest absolute Gasteiger partial charge is 0.492 e. The van der Waals surface area contributed by atoms with Gasteiger partial charge < -0.3 is 19.5 Å². The Balaban J connectivity index is 1.29. The van der Waals surface area contributed by atoms with E-state index in [1.54, 1.807) is 11.0 Å². The molecule has 1 aliphatic heterocycles. The van der Waals surface area contributed by atoms with Gasteiger partial charge in [0.1, 0.15) is 5.75 Å². The number of carbonyl (C=O) groups excluding carboxylic acids is 2. The van der Waals surface area contributed by atoms with Crippen LogP contribution in [0.2, 0.25) is 0 Å². The minimum Gasteiger partial charge on any atom is -0.492 e. The lowest BCUT2D eigenvalue weighted by molar-refractivity contribution is -0.122. The number of hydrogen-bond acceptors (Lipinski definition) is 6. The molecule has 2 aliphatic rings. The fourth-order valence-electron chi connectivity index (χ4n) is 4.21. The van der Waals surface area contributed by atoms with Crippen molar-refractivity contribution in [1.82, 2.24) is 10.1 Å². The van der Waals surface area contributed by atoms with Crippen LogP contribution in [0.5, 0.6) is 5.75 Å². The molecule has 0 bridgehead atoms. The molecule has 8 heteroatoms. The summed E-state index contributed by atoms with van der Waals surface area (Å²) in [5.41, 5.74) is 2.11. The quantitative estimate of drug-likeness (QED) is 0.578. The van der Waals surface area contributed by atoms with Gasteiger partial charge in [0.25, 0.3) is 0 Å². The summed E-state index contributed by atoms with van der Waals surface area (Å²) in [7, 11) is 0. The Kier molecular flexibility index (Phi) is 5.81. The molecule has 5 rings (SSSR count). The molecule has 1 saturated heterocycles. The summed E-state index contributed by atoms with van der Waals surface area (Å²) in [6.45, 7) is 2.70. The highest BCUT2D eigenvalue weighted by Gasteiger charge is 2.35. The van der Waals surface area contributed by atoms with Crippen molar-refractivity contribution in [3.63, 3.8) is 0 Å². The van der Waals surface area contributed by atoms with E-state index in [2.05, 4.69) is 15.5 Å². The predicted molar refractivity (Wildman–Crippen MR) is 123 cm³/mol. The van der Waals surface area contributed by atoms with Crippen LogP contribution in [0.15, 0.2) is 53.1 Å². The van der Waals surface area contributed by atoms with E-state index in [4.69, 9.17) is 9.26 Å². The van der Waals surface area contributed by atoms with E-state index in [-0.39, 0.29) is 18.2 Å². The Labute approximate surface area is 191 Å². The molecule has 170 valence electrons. The van der Waals surface area contributed by atoms with Crippen LogP contribution in [0.1, 0.15) is 44.4 Å². The number of aromatic nitrogens is 2. The number of para-hydroxylation sites is 2. The van der Waals surface area contributed by atoms with Crippen LogP contribution in [-0.2, 0) is 9.59 Å². The lowest BCUT2D eigenvalue weighted by Gasteiger charge is -2.20. The van der Waals surface area contributed by atoms with Crippen LogP contribution < -0.4 is 15.0 Å². The monoisotopic (exact) mass is 446 g/mol. The van der Waals surface area contributed by atoms with Crippen LogP contribution in [-0.4, -0.2) is 35.1 Å². The number of rotatable bonds is 7. The molecular formula is C25H26N4O4. The Hall–Kier alpha value is -3.68. The number of nitrogens with zero attached hydrogens (tertiary/aromatic N) is 3. The van der Waals surface area contributed by atoms with E-state index in [1.807, 2.05) is 49.4 Å². The van der Waals surface area contributed by atoms with E-state index in [0.29, 0.717) is 42.2 Å². The molecule has 1 saturated carbocycles. The number of nitrogens with one attached hydrogen (secondary N) is 1. The van der Waals surface area contributed by atoms with Crippen LogP contribution >= 0.6 is 0 Å². The van der Waals surface area contributed by atoms with Gasteiger partial charge in [-0.15, -0.1) is 0 Å². The smallest absolute Gasteiger partial charge is 0.230 e. The first-order chi connectivity index (χ1) is 16.1. The standard InChI is InChI=1S/C25H26N4O4/c1-2-32-21-12-4-3-11-20(21)26-24(31)18-14-22(30)29(15-18)19-10-6-9-17(13-19)23-27-25(33-28-23)16-7-5-8-16/h3-4,6,9-13,16,18H,2,5,7-8,14-15H2,1H3,(H,26,31). The molecule has 1 aromatic heterocycles. The number of amides is 2. The molecule has 2 amide bonds. The molecule has 1 unspecified atom stereocenters. The van der Waals surface area contributed by atoms with E-state index in [0.717, 1.165) is 24.1 Å². The summed E-state index contributed by atoms with van der Waals surface area (Å²) < 4.78 is 11.0. The predicted octanol–water partition coefficient (Wildman–Crippen LogP) is 4.39. The van der Waals surface area contributed by atoms with Gasteiger partial charge in [0.05, 0.1) is 18.2 Å². The van der Waals surface area contributed by atoms with Crippen molar-refractivity contribution in [3.05, 3.63) is 54.4 Å². The summed E-state index contributed by atoms with van der Waals surface area (Å²) >= 11 is 0. The number of anilines is 2. The average molecular weight is 447 g/mol. The van der Waals surface area contributed by atoms with Gasteiger partial charge in [0, 0.05) is 30.1 Å². The minimum atomic E-state index is -0.453. The highest BCUT2D eigenvalue weighted by atomic mass is 16.5. The maximum absolute atomic E-state index is 12.9. The summed E-state index contributed by atoms with van der Waals surface area (Å²) in [4.78, 5) is 31.9. The maximum atomic E-state index is 12.9. The van der Waals surface area contributed by atoms with Crippen molar-refractivity contribution in [2.24, 2.45) is 5.92 Å². The zero-order valence-corrected chi connectivity index (χ0v) is 18.5. The summed E-state index contributed by atoms with van der Waals surface area (Å²) in [6, 6.07) is 14.8. The third-order valence-corrected chi connectivity index (χ3v) is 6.25. The van der Waals surface area contributed by atoms with Crippen molar-refractivity contribution >= 4 is 23.2 Å². The Bertz CT molecular complexity index is 1170. The number of ether oxygens (including phenoxy) is 1. The molecule has 8 nitrogen and oxygen atoms in total. The SMILES string of the molecule is CCOc1ccccc1NC(=O)C1CC(=O)N(c2cccc(-c3noc(C4CCC4)n3)c2)C1. The van der Waals surface area contributed by atoms with Crippen molar-refractivity contribution in [1.29, 1.82) is 0 Å². The molecule has 1 aliphatic carbocycles. The van der Waals surface area contributed by atoms with Crippen LogP contribution in [0.3, 0.4) is 0 Å². The summed E-state index contributed by atoms with van der Waals surface area (Å²) in [6.07, 6.45) is 3.52. The fraction of sp³-hybridized carbons (Fsp3) is 0.360. The maximum Gasteiger partial charge on any atom is 0.230 e. The normalized spacial score (nSPS) is 18.3. The molecule has 2 heterocycles. The number of carbonyl (C=O) groups is 2. The first-order valence-electron chi connectivity index (χ1n) is 11.4. The topological polar surface area (TPSA) is 97.6 Å². The zero-order valence-electron chi connectivity index (χ0n) is 18.5. The van der Waals surface area contributed by atoms with E-state index >= 15 is 0 Å². The Morgan fingerprint density at radius 3 is 2.85 bits per heavy atom. The molecule has 2 aromatic carbocycles. The molecular weight excluding hydrogens is 420 g/mol. The highest BCUT2D eigenvalue weighted by molar-refractivity contribution is 6.04. The van der Waals surface area contributed by atoms with Gasteiger partial charge in [-0.1, -0.05) is 35.8 Å². The molecule has 2 fully saturated rings. The fourth-order valence-corrected chi connectivity index (χ4v) is 4.21. The minimum absolute atomic E-state index is 0.0892. The van der Waals surface area contributed by atoms with E-state index < -0.39 is 5.92 Å². The Morgan fingerprint density at radius 2 is 2.06 bits per heavy atom. The van der Waals surface area contributed by atoms with Crippen molar-refractivity contribution in [2.75, 3.05) is 23.4 Å². The van der Waals surface area contributed by atoms with Crippen LogP contribution in [0, 0.1) is 5.92 Å². The summed E-state index contributed by atoms with van der Waals surface area (Å²) in [5, 5.41) is 7.04. The number of benzene rings is 2. The lowest BCUT2D eigenvalue weighted by atomic mass is 9.85. The van der Waals surface area contributed by atoms with Gasteiger partial charge in [-0.05, 0) is 44.0 Å². The zero-order chi connectivity index (χ0) is 22.8. The molecule has 1 N–H and O–H groups in total. The van der Waals surface area contributed by atoms with Crippen LogP contribution in [0.4, 0.5) is 11.4 Å². The molecule has 0 spiro atoms. The molecule has 0 radical (unpaired) electrons.